The van der Waals surface area contributed by atoms with E-state index in [2.05, 4.69) is 0 Å². The van der Waals surface area contributed by atoms with Gasteiger partial charge < -0.3 is 10.5 Å². The predicted molar refractivity (Wildman–Crippen MR) is 66.8 cm³/mol. The van der Waals surface area contributed by atoms with Crippen molar-refractivity contribution in [3.8, 4) is 0 Å². The first-order chi connectivity index (χ1) is 8.58. The average Bonchev–Trinajstić information content (AvgIpc) is 2.34. The van der Waals surface area contributed by atoms with E-state index in [9.17, 15) is 9.18 Å². The molecule has 0 aliphatic carbocycles. The van der Waals surface area contributed by atoms with Crippen LogP contribution in [0.1, 0.15) is 37.5 Å². The molecule has 0 bridgehead atoms. The number of hydrogen-bond acceptors (Lipinski definition) is 3. The van der Waals surface area contributed by atoms with Gasteiger partial charge in [-0.25, -0.2) is 9.18 Å². The van der Waals surface area contributed by atoms with Crippen LogP contribution in [-0.4, -0.2) is 12.6 Å². The van der Waals surface area contributed by atoms with E-state index < -0.39 is 18.0 Å². The van der Waals surface area contributed by atoms with Gasteiger partial charge >= 0.3 is 6.09 Å². The number of benzene rings is 1. The fourth-order valence-corrected chi connectivity index (χ4v) is 2.19. The van der Waals surface area contributed by atoms with Crippen LogP contribution in [0.15, 0.2) is 12.1 Å². The molecule has 1 aromatic carbocycles. The molecule has 1 amide bonds. The third kappa shape index (κ3) is 2.06. The van der Waals surface area contributed by atoms with Gasteiger partial charge in [0.25, 0.3) is 0 Å². The lowest BCUT2D eigenvalue weighted by Gasteiger charge is -2.33. The molecule has 1 heterocycles. The van der Waals surface area contributed by atoms with Gasteiger partial charge in [-0.2, -0.15) is 0 Å². The normalized spacial score (nSPS) is 18.6. The van der Waals surface area contributed by atoms with Crippen LogP contribution in [0.5, 0.6) is 0 Å². The van der Waals surface area contributed by atoms with Crippen LogP contribution in [0.4, 0.5) is 14.9 Å². The number of nitrogens with zero attached hydrogens (tertiary/aromatic N) is 1. The second-order valence-electron chi connectivity index (χ2n) is 4.40. The van der Waals surface area contributed by atoms with E-state index in [4.69, 9.17) is 10.5 Å². The third-order valence-electron chi connectivity index (χ3n) is 3.04. The fraction of sp³-hybridized carbons (Fsp3) is 0.462. The van der Waals surface area contributed by atoms with E-state index in [-0.39, 0.29) is 6.54 Å². The van der Waals surface area contributed by atoms with Gasteiger partial charge in [0.2, 0.25) is 0 Å². The van der Waals surface area contributed by atoms with E-state index in [0.29, 0.717) is 23.4 Å². The lowest BCUT2D eigenvalue weighted by atomic mass is 10.0. The van der Waals surface area contributed by atoms with Crippen LogP contribution in [0.2, 0.25) is 0 Å². The van der Waals surface area contributed by atoms with Crippen LogP contribution in [0.25, 0.3) is 0 Å². The van der Waals surface area contributed by atoms with Gasteiger partial charge in [-0.1, -0.05) is 6.92 Å². The highest BCUT2D eigenvalue weighted by Gasteiger charge is 2.32. The molecule has 1 aliphatic rings. The van der Waals surface area contributed by atoms with Crippen LogP contribution in [-0.2, 0) is 11.3 Å². The number of cyclic esters (lactones) is 1. The molecular weight excluding hydrogens is 235 g/mol. The molecule has 1 aliphatic heterocycles. The number of carbonyl (C=O) groups is 1. The second kappa shape index (κ2) is 4.94. The maximum absolute atomic E-state index is 14.1. The molecular formula is C13H17FN2O2. The predicted octanol–water partition coefficient (Wildman–Crippen LogP) is 2.71. The van der Waals surface area contributed by atoms with Gasteiger partial charge in [0, 0.05) is 18.7 Å². The monoisotopic (exact) mass is 252 g/mol. The lowest BCUT2D eigenvalue weighted by Crippen LogP contribution is -2.38. The molecule has 0 radical (unpaired) electrons. The molecule has 5 heteroatoms. The van der Waals surface area contributed by atoms with Crippen molar-refractivity contribution < 1.29 is 13.9 Å². The highest BCUT2D eigenvalue weighted by atomic mass is 19.1. The van der Waals surface area contributed by atoms with Crippen molar-refractivity contribution in [1.29, 1.82) is 0 Å². The van der Waals surface area contributed by atoms with Crippen molar-refractivity contribution in [2.45, 2.75) is 32.9 Å². The van der Waals surface area contributed by atoms with E-state index in [0.717, 1.165) is 6.42 Å². The maximum atomic E-state index is 14.1. The van der Waals surface area contributed by atoms with Crippen molar-refractivity contribution >= 4 is 11.8 Å². The molecule has 2 N–H and O–H groups in total. The summed E-state index contributed by atoms with van der Waals surface area (Å²) in [5.41, 5.74) is 7.25. The van der Waals surface area contributed by atoms with Crippen molar-refractivity contribution in [2.75, 3.05) is 11.4 Å². The Morgan fingerprint density at radius 3 is 2.83 bits per heavy atom. The minimum Gasteiger partial charge on any atom is -0.441 e. The quantitative estimate of drug-likeness (QED) is 0.899. The summed E-state index contributed by atoms with van der Waals surface area (Å²) in [6, 6.07) is 3.19. The summed E-state index contributed by atoms with van der Waals surface area (Å²) in [5.74, 6) is -0.412. The van der Waals surface area contributed by atoms with Crippen molar-refractivity contribution in [3.05, 3.63) is 29.1 Å². The van der Waals surface area contributed by atoms with E-state index in [1.54, 1.807) is 13.0 Å². The van der Waals surface area contributed by atoms with Crippen LogP contribution >= 0.6 is 0 Å². The number of anilines is 1. The number of halogens is 1. The number of fused-ring (bicyclic) bond motifs is 1. The van der Waals surface area contributed by atoms with E-state index >= 15 is 0 Å². The fourth-order valence-electron chi connectivity index (χ4n) is 2.19. The number of hydrogen-bond donors (Lipinski definition) is 1. The van der Waals surface area contributed by atoms with E-state index in [1.165, 1.54) is 11.0 Å². The summed E-state index contributed by atoms with van der Waals surface area (Å²) in [5, 5.41) is 0. The van der Waals surface area contributed by atoms with Crippen molar-refractivity contribution in [1.82, 2.24) is 0 Å². The average molecular weight is 252 g/mol. The molecule has 18 heavy (non-hydrogen) atoms. The van der Waals surface area contributed by atoms with Gasteiger partial charge in [-0.3, -0.25) is 4.90 Å². The Balaban J connectivity index is 2.55. The third-order valence-corrected chi connectivity index (χ3v) is 3.04. The van der Waals surface area contributed by atoms with Gasteiger partial charge in [-0.15, -0.1) is 0 Å². The van der Waals surface area contributed by atoms with Gasteiger partial charge in [-0.05, 0) is 31.0 Å². The second-order valence-corrected chi connectivity index (χ2v) is 4.40. The maximum Gasteiger partial charge on any atom is 0.414 e. The summed E-state index contributed by atoms with van der Waals surface area (Å²) in [6.07, 6.45) is -0.195. The Kier molecular flexibility index (Phi) is 3.52. The molecule has 0 spiro atoms. The highest BCUT2D eigenvalue weighted by molar-refractivity contribution is 5.91. The molecule has 0 saturated carbocycles. The number of carbonyl (C=O) groups excluding carboxylic acids is 1. The first kappa shape index (κ1) is 12.8. The van der Waals surface area contributed by atoms with Gasteiger partial charge in [0.05, 0.1) is 5.69 Å². The molecule has 0 aromatic heterocycles. The van der Waals surface area contributed by atoms with Gasteiger partial charge in [0.1, 0.15) is 11.9 Å². The minimum absolute atomic E-state index is 0.263. The Bertz CT molecular complexity index is 476. The Labute approximate surface area is 106 Å². The topological polar surface area (TPSA) is 55.6 Å². The Hall–Kier alpha value is -1.62. The van der Waals surface area contributed by atoms with Gasteiger partial charge in [0.15, 0.2) is 0 Å². The number of nitrogens with two attached hydrogens (primary N) is 1. The summed E-state index contributed by atoms with van der Waals surface area (Å²) >= 11 is 0. The Morgan fingerprint density at radius 1 is 1.50 bits per heavy atom. The first-order valence-corrected chi connectivity index (χ1v) is 6.09. The zero-order chi connectivity index (χ0) is 13.3. The smallest absolute Gasteiger partial charge is 0.414 e. The van der Waals surface area contributed by atoms with Crippen molar-refractivity contribution in [3.63, 3.8) is 0 Å². The first-order valence-electron chi connectivity index (χ1n) is 6.09. The van der Waals surface area contributed by atoms with E-state index in [1.807, 2.05) is 6.92 Å². The largest absolute Gasteiger partial charge is 0.441 e. The molecule has 0 saturated heterocycles. The SMILES string of the molecule is CCCN1C(=O)OC(C)c2cc(CN)cc(F)c21. The lowest BCUT2D eigenvalue weighted by molar-refractivity contribution is 0.107. The molecule has 1 unspecified atom stereocenters. The molecule has 0 fully saturated rings. The van der Waals surface area contributed by atoms with Crippen LogP contribution in [0, 0.1) is 5.82 Å². The zero-order valence-corrected chi connectivity index (χ0v) is 10.6. The molecule has 1 aromatic rings. The van der Waals surface area contributed by atoms with Crippen LogP contribution in [0.3, 0.4) is 0 Å². The zero-order valence-electron chi connectivity index (χ0n) is 10.6. The molecule has 4 nitrogen and oxygen atoms in total. The highest BCUT2D eigenvalue weighted by Crippen LogP contribution is 2.37. The summed E-state index contributed by atoms with van der Waals surface area (Å²) < 4.78 is 19.3. The number of ether oxygens (including phenoxy) is 1. The Morgan fingerprint density at radius 2 is 2.22 bits per heavy atom. The number of amides is 1. The molecule has 1 atom stereocenters. The molecule has 98 valence electrons. The standard InChI is InChI=1S/C13H17FN2O2/c1-3-4-16-12-10(8(2)18-13(16)17)5-9(7-15)6-11(12)14/h5-6,8H,3-4,7,15H2,1-2H3. The summed E-state index contributed by atoms with van der Waals surface area (Å²) in [6.45, 7) is 4.37. The summed E-state index contributed by atoms with van der Waals surface area (Å²) in [4.78, 5) is 13.1. The molecule has 2 rings (SSSR count). The van der Waals surface area contributed by atoms with Crippen LogP contribution < -0.4 is 10.6 Å². The number of rotatable bonds is 3. The van der Waals surface area contributed by atoms with Crippen molar-refractivity contribution in [2.24, 2.45) is 5.73 Å². The minimum atomic E-state index is -0.490. The summed E-state index contributed by atoms with van der Waals surface area (Å²) in [7, 11) is 0.